The largest absolute Gasteiger partial charge is 0.417 e. The van der Waals surface area contributed by atoms with Crippen LogP contribution in [0.15, 0.2) is 22.7 Å². The molecule has 0 aromatic heterocycles. The second-order valence-corrected chi connectivity index (χ2v) is 5.53. The van der Waals surface area contributed by atoms with Gasteiger partial charge in [0.2, 0.25) is 0 Å². The minimum atomic E-state index is -4.47. The molecule has 2 rings (SSSR count). The molecule has 1 aromatic carbocycles. The van der Waals surface area contributed by atoms with Crippen molar-refractivity contribution in [3.05, 3.63) is 33.8 Å². The molecular formula is C13H13BrF3NO. The Morgan fingerprint density at radius 2 is 2.05 bits per heavy atom. The van der Waals surface area contributed by atoms with Gasteiger partial charge in [-0.15, -0.1) is 0 Å². The normalized spacial score (nSPS) is 15.4. The lowest BCUT2D eigenvalue weighted by Gasteiger charge is -2.11. The van der Waals surface area contributed by atoms with Crippen molar-refractivity contribution in [2.45, 2.75) is 25.4 Å². The summed E-state index contributed by atoms with van der Waals surface area (Å²) in [6.45, 7) is 0.515. The molecule has 0 atom stereocenters. The number of benzene rings is 1. The fraction of sp³-hybridized carbons (Fsp3) is 0.462. The number of amides is 1. The maximum Gasteiger partial charge on any atom is 0.417 e. The van der Waals surface area contributed by atoms with Crippen LogP contribution in [0.4, 0.5) is 13.2 Å². The molecule has 1 aliphatic rings. The minimum absolute atomic E-state index is 0.0336. The summed E-state index contributed by atoms with van der Waals surface area (Å²) in [6.07, 6.45) is -1.20. The van der Waals surface area contributed by atoms with Gasteiger partial charge in [0.15, 0.2) is 0 Å². The van der Waals surface area contributed by atoms with E-state index >= 15 is 0 Å². The first-order valence-electron chi connectivity index (χ1n) is 6.03. The summed E-state index contributed by atoms with van der Waals surface area (Å²) in [5.41, 5.74) is -0.798. The van der Waals surface area contributed by atoms with Crippen molar-refractivity contribution in [2.24, 2.45) is 5.92 Å². The highest BCUT2D eigenvalue weighted by Crippen LogP contribution is 2.35. The van der Waals surface area contributed by atoms with Crippen molar-refractivity contribution in [1.82, 2.24) is 5.32 Å². The van der Waals surface area contributed by atoms with E-state index in [2.05, 4.69) is 21.2 Å². The third-order valence-electron chi connectivity index (χ3n) is 3.07. The molecule has 0 unspecified atom stereocenters. The molecule has 104 valence electrons. The average molecular weight is 336 g/mol. The van der Waals surface area contributed by atoms with Gasteiger partial charge in [0.05, 0.1) is 5.56 Å². The van der Waals surface area contributed by atoms with Crippen molar-refractivity contribution in [3.8, 4) is 0 Å². The number of hydrogen-bond acceptors (Lipinski definition) is 1. The first-order chi connectivity index (χ1) is 8.88. The highest BCUT2D eigenvalue weighted by Gasteiger charge is 2.33. The Morgan fingerprint density at radius 3 is 2.63 bits per heavy atom. The number of alkyl halides is 3. The Morgan fingerprint density at radius 1 is 1.37 bits per heavy atom. The number of halogens is 4. The molecule has 0 spiro atoms. The van der Waals surface area contributed by atoms with Gasteiger partial charge in [0.1, 0.15) is 0 Å². The van der Waals surface area contributed by atoms with Gasteiger partial charge < -0.3 is 5.32 Å². The molecule has 1 N–H and O–H groups in total. The van der Waals surface area contributed by atoms with Gasteiger partial charge in [0, 0.05) is 16.6 Å². The van der Waals surface area contributed by atoms with Crippen molar-refractivity contribution < 1.29 is 18.0 Å². The van der Waals surface area contributed by atoms with Gasteiger partial charge in [-0.2, -0.15) is 13.2 Å². The van der Waals surface area contributed by atoms with Crippen LogP contribution in [0.25, 0.3) is 0 Å². The third-order valence-corrected chi connectivity index (χ3v) is 3.76. The number of nitrogens with one attached hydrogen (secondary N) is 1. The zero-order valence-corrected chi connectivity index (χ0v) is 11.6. The monoisotopic (exact) mass is 335 g/mol. The molecule has 6 heteroatoms. The quantitative estimate of drug-likeness (QED) is 0.885. The van der Waals surface area contributed by atoms with Crippen LogP contribution in [0, 0.1) is 5.92 Å². The lowest BCUT2D eigenvalue weighted by Crippen LogP contribution is -2.25. The summed E-state index contributed by atoms with van der Waals surface area (Å²) >= 11 is 2.84. The predicted octanol–water partition coefficient (Wildman–Crippen LogP) is 4.00. The maximum absolute atomic E-state index is 12.7. The standard InChI is InChI=1S/C13H13BrF3NO/c14-11-4-3-9(7-10(11)13(15,16)17)12(19)18-6-5-8-1-2-8/h3-4,7-8H,1-2,5-6H2,(H,18,19). The lowest BCUT2D eigenvalue weighted by molar-refractivity contribution is -0.138. The smallest absolute Gasteiger partial charge is 0.352 e. The Balaban J connectivity index is 2.04. The highest BCUT2D eigenvalue weighted by atomic mass is 79.9. The Labute approximate surface area is 117 Å². The SMILES string of the molecule is O=C(NCCC1CC1)c1ccc(Br)c(C(F)(F)F)c1. The third kappa shape index (κ3) is 3.96. The molecule has 19 heavy (non-hydrogen) atoms. The van der Waals surface area contributed by atoms with E-state index < -0.39 is 17.6 Å². The van der Waals surface area contributed by atoms with Crippen LogP contribution in [-0.2, 0) is 6.18 Å². The molecule has 1 saturated carbocycles. The van der Waals surface area contributed by atoms with Crippen molar-refractivity contribution >= 4 is 21.8 Å². The van der Waals surface area contributed by atoms with Crippen molar-refractivity contribution in [1.29, 1.82) is 0 Å². The molecule has 1 aromatic rings. The van der Waals surface area contributed by atoms with E-state index in [0.29, 0.717) is 12.5 Å². The van der Waals surface area contributed by atoms with Crippen LogP contribution >= 0.6 is 15.9 Å². The average Bonchev–Trinajstić information content (AvgIpc) is 3.12. The number of carbonyl (C=O) groups is 1. The minimum Gasteiger partial charge on any atom is -0.352 e. The van der Waals surface area contributed by atoms with E-state index in [-0.39, 0.29) is 10.0 Å². The van der Waals surface area contributed by atoms with E-state index in [0.717, 1.165) is 12.5 Å². The zero-order valence-electron chi connectivity index (χ0n) is 10.1. The van der Waals surface area contributed by atoms with E-state index in [1.165, 1.54) is 25.0 Å². The lowest BCUT2D eigenvalue weighted by atomic mass is 10.1. The summed E-state index contributed by atoms with van der Waals surface area (Å²) in [4.78, 5) is 11.7. The van der Waals surface area contributed by atoms with E-state index in [9.17, 15) is 18.0 Å². The molecule has 0 saturated heterocycles. The van der Waals surface area contributed by atoms with Gasteiger partial charge in [-0.05, 0) is 30.5 Å². The molecule has 1 amide bonds. The number of hydrogen-bond donors (Lipinski definition) is 1. The maximum atomic E-state index is 12.7. The van der Waals surface area contributed by atoms with Crippen LogP contribution < -0.4 is 5.32 Å². The molecule has 0 aliphatic heterocycles. The van der Waals surface area contributed by atoms with Gasteiger partial charge in [-0.1, -0.05) is 28.8 Å². The number of rotatable bonds is 4. The Bertz CT molecular complexity index is 483. The highest BCUT2D eigenvalue weighted by molar-refractivity contribution is 9.10. The van der Waals surface area contributed by atoms with Crippen LogP contribution in [0.2, 0.25) is 0 Å². The summed E-state index contributed by atoms with van der Waals surface area (Å²) < 4.78 is 38.0. The summed E-state index contributed by atoms with van der Waals surface area (Å²) in [5.74, 6) is 0.217. The van der Waals surface area contributed by atoms with Gasteiger partial charge in [-0.25, -0.2) is 0 Å². The zero-order chi connectivity index (χ0) is 14.0. The Hall–Kier alpha value is -1.04. The van der Waals surface area contributed by atoms with Crippen LogP contribution in [0.5, 0.6) is 0 Å². The predicted molar refractivity (Wildman–Crippen MR) is 68.8 cm³/mol. The molecular weight excluding hydrogens is 323 g/mol. The Kier molecular flexibility index (Phi) is 4.18. The van der Waals surface area contributed by atoms with Gasteiger partial charge in [0.25, 0.3) is 5.91 Å². The van der Waals surface area contributed by atoms with Crippen LogP contribution in [-0.4, -0.2) is 12.5 Å². The summed E-state index contributed by atoms with van der Waals surface area (Å²) in [6, 6.07) is 3.50. The first kappa shape index (κ1) is 14.4. The van der Waals surface area contributed by atoms with Gasteiger partial charge in [-0.3, -0.25) is 4.79 Å². The molecule has 0 heterocycles. The molecule has 1 fully saturated rings. The van der Waals surface area contributed by atoms with Crippen molar-refractivity contribution in [3.63, 3.8) is 0 Å². The van der Waals surface area contributed by atoms with E-state index in [4.69, 9.17) is 0 Å². The molecule has 1 aliphatic carbocycles. The van der Waals surface area contributed by atoms with E-state index in [1.807, 2.05) is 0 Å². The summed E-state index contributed by atoms with van der Waals surface area (Å²) in [5, 5.41) is 2.65. The second-order valence-electron chi connectivity index (χ2n) is 4.68. The van der Waals surface area contributed by atoms with Crippen LogP contribution in [0.1, 0.15) is 35.2 Å². The molecule has 0 bridgehead atoms. The second kappa shape index (κ2) is 5.53. The number of carbonyl (C=O) groups excluding carboxylic acids is 1. The van der Waals surface area contributed by atoms with Crippen molar-refractivity contribution in [2.75, 3.05) is 6.54 Å². The fourth-order valence-corrected chi connectivity index (χ4v) is 2.25. The summed E-state index contributed by atoms with van der Waals surface area (Å²) in [7, 11) is 0. The fourth-order valence-electron chi connectivity index (χ4n) is 1.78. The molecule has 0 radical (unpaired) electrons. The van der Waals surface area contributed by atoms with Crippen LogP contribution in [0.3, 0.4) is 0 Å². The molecule has 2 nitrogen and oxygen atoms in total. The topological polar surface area (TPSA) is 29.1 Å². The van der Waals surface area contributed by atoms with Gasteiger partial charge >= 0.3 is 6.18 Å². The first-order valence-corrected chi connectivity index (χ1v) is 6.82. The van der Waals surface area contributed by atoms with E-state index in [1.54, 1.807) is 0 Å².